The zero-order chi connectivity index (χ0) is 22.2. The second kappa shape index (κ2) is 10.4. The van der Waals surface area contributed by atoms with Gasteiger partial charge in [-0.15, -0.1) is 0 Å². The van der Waals surface area contributed by atoms with Crippen LogP contribution < -0.4 is 15.5 Å². The summed E-state index contributed by atoms with van der Waals surface area (Å²) in [6, 6.07) is 21.3. The van der Waals surface area contributed by atoms with Crippen molar-refractivity contribution >= 4 is 34.0 Å². The minimum Gasteiger partial charge on any atom is -0.483 e. The van der Waals surface area contributed by atoms with Crippen LogP contribution in [0.3, 0.4) is 0 Å². The van der Waals surface area contributed by atoms with Crippen LogP contribution in [0.5, 0.6) is 5.75 Å². The third kappa shape index (κ3) is 6.40. The van der Waals surface area contributed by atoms with Crippen LogP contribution in [0.4, 0.5) is 5.69 Å². The highest BCUT2D eigenvalue weighted by Crippen LogP contribution is 2.25. The van der Waals surface area contributed by atoms with E-state index in [4.69, 9.17) is 4.74 Å². The monoisotopic (exact) mass is 417 g/mol. The van der Waals surface area contributed by atoms with Crippen molar-refractivity contribution in [2.24, 2.45) is 5.10 Å². The smallest absolute Gasteiger partial charge is 0.277 e. The lowest BCUT2D eigenvalue weighted by molar-refractivity contribution is -0.123. The Hall–Kier alpha value is -3.67. The average molecular weight is 418 g/mol. The van der Waals surface area contributed by atoms with Gasteiger partial charge in [0.2, 0.25) is 5.91 Å². The van der Waals surface area contributed by atoms with Crippen LogP contribution in [0, 0.1) is 0 Å². The minimum absolute atomic E-state index is 0.0798. The number of amides is 2. The van der Waals surface area contributed by atoms with Crippen molar-refractivity contribution in [2.75, 3.05) is 11.9 Å². The van der Waals surface area contributed by atoms with E-state index in [9.17, 15) is 9.59 Å². The van der Waals surface area contributed by atoms with Gasteiger partial charge in [-0.1, -0.05) is 62.4 Å². The van der Waals surface area contributed by atoms with Crippen molar-refractivity contribution in [1.29, 1.82) is 0 Å². The van der Waals surface area contributed by atoms with Gasteiger partial charge in [0.05, 0.1) is 6.42 Å². The maximum atomic E-state index is 12.2. The molecule has 0 aliphatic rings. The number of nitrogens with zero attached hydrogens (tertiary/aromatic N) is 1. The molecular formula is C25H27N3O3. The topological polar surface area (TPSA) is 79.8 Å². The standard InChI is InChI=1S/C25H27N3O3/c1-17(2)19-11-13-21(14-12-19)26-24(29)15-18(3)27-28-25(30)16-31-23-10-6-8-20-7-4-5-9-22(20)23/h4-14,17H,15-16H2,1-3H3,(H,26,29)(H,28,30)/b27-18+. The molecule has 0 heterocycles. The number of hydrogen-bond acceptors (Lipinski definition) is 4. The number of anilines is 1. The number of hydrazone groups is 1. The second-order valence-corrected chi connectivity index (χ2v) is 7.65. The van der Waals surface area contributed by atoms with E-state index in [1.807, 2.05) is 66.7 Å². The molecule has 0 bridgehead atoms. The lowest BCUT2D eigenvalue weighted by Crippen LogP contribution is -2.26. The number of nitrogens with one attached hydrogen (secondary N) is 2. The Labute approximate surface area is 182 Å². The highest BCUT2D eigenvalue weighted by atomic mass is 16.5. The van der Waals surface area contributed by atoms with Crippen LogP contribution in [0.25, 0.3) is 10.8 Å². The third-order valence-corrected chi connectivity index (χ3v) is 4.76. The Morgan fingerprint density at radius 2 is 1.65 bits per heavy atom. The molecule has 3 aromatic carbocycles. The average Bonchev–Trinajstić information content (AvgIpc) is 2.76. The molecule has 0 unspecified atom stereocenters. The molecule has 0 radical (unpaired) electrons. The summed E-state index contributed by atoms with van der Waals surface area (Å²) in [5.74, 6) is 0.487. The van der Waals surface area contributed by atoms with E-state index in [1.54, 1.807) is 6.92 Å². The Kier molecular flexibility index (Phi) is 7.38. The van der Waals surface area contributed by atoms with Crippen LogP contribution in [0.1, 0.15) is 38.7 Å². The third-order valence-electron chi connectivity index (χ3n) is 4.76. The number of benzene rings is 3. The molecule has 0 atom stereocenters. The normalized spacial score (nSPS) is 11.4. The SMILES string of the molecule is C/C(CC(=O)Nc1ccc(C(C)C)cc1)=N\NC(=O)COc1cccc2ccccc12. The Bertz CT molecular complexity index is 1080. The van der Waals surface area contributed by atoms with Crippen molar-refractivity contribution in [3.63, 3.8) is 0 Å². The summed E-state index contributed by atoms with van der Waals surface area (Å²) in [6.45, 7) is 5.76. The van der Waals surface area contributed by atoms with Gasteiger partial charge in [-0.25, -0.2) is 5.43 Å². The number of carbonyl (C=O) groups excluding carboxylic acids is 2. The molecule has 0 aromatic heterocycles. The quantitative estimate of drug-likeness (QED) is 0.406. The fourth-order valence-electron chi connectivity index (χ4n) is 3.08. The molecule has 0 saturated heterocycles. The summed E-state index contributed by atoms with van der Waals surface area (Å²) in [7, 11) is 0. The van der Waals surface area contributed by atoms with E-state index in [2.05, 4.69) is 29.7 Å². The van der Waals surface area contributed by atoms with Gasteiger partial charge in [0.1, 0.15) is 5.75 Å². The van der Waals surface area contributed by atoms with Crippen LogP contribution in [0.15, 0.2) is 71.8 Å². The van der Waals surface area contributed by atoms with Gasteiger partial charge in [0, 0.05) is 16.8 Å². The van der Waals surface area contributed by atoms with Gasteiger partial charge < -0.3 is 10.1 Å². The minimum atomic E-state index is -0.392. The molecule has 0 aliphatic carbocycles. The lowest BCUT2D eigenvalue weighted by atomic mass is 10.0. The summed E-state index contributed by atoms with van der Waals surface area (Å²) >= 11 is 0. The van der Waals surface area contributed by atoms with Gasteiger partial charge in [-0.2, -0.15) is 5.10 Å². The summed E-state index contributed by atoms with van der Waals surface area (Å²) in [6.07, 6.45) is 0.0798. The highest BCUT2D eigenvalue weighted by molar-refractivity contribution is 6.05. The predicted molar refractivity (Wildman–Crippen MR) is 124 cm³/mol. The molecule has 31 heavy (non-hydrogen) atoms. The molecule has 2 amide bonds. The fraction of sp³-hybridized carbons (Fsp3) is 0.240. The first kappa shape index (κ1) is 22.0. The van der Waals surface area contributed by atoms with E-state index in [1.165, 1.54) is 5.56 Å². The molecule has 6 heteroatoms. The molecule has 3 rings (SSSR count). The van der Waals surface area contributed by atoms with Crippen LogP contribution in [-0.4, -0.2) is 24.1 Å². The van der Waals surface area contributed by atoms with Gasteiger partial charge in [0.15, 0.2) is 6.61 Å². The van der Waals surface area contributed by atoms with Crippen molar-refractivity contribution in [3.05, 3.63) is 72.3 Å². The molecule has 160 valence electrons. The molecule has 2 N–H and O–H groups in total. The lowest BCUT2D eigenvalue weighted by Gasteiger charge is -2.09. The number of carbonyl (C=O) groups is 2. The molecule has 3 aromatic rings. The largest absolute Gasteiger partial charge is 0.483 e. The highest BCUT2D eigenvalue weighted by Gasteiger charge is 2.08. The van der Waals surface area contributed by atoms with Crippen molar-refractivity contribution < 1.29 is 14.3 Å². The first-order chi connectivity index (χ1) is 14.9. The van der Waals surface area contributed by atoms with E-state index >= 15 is 0 Å². The Morgan fingerprint density at radius 1 is 0.935 bits per heavy atom. The zero-order valence-electron chi connectivity index (χ0n) is 18.0. The zero-order valence-corrected chi connectivity index (χ0v) is 18.0. The summed E-state index contributed by atoms with van der Waals surface area (Å²) in [4.78, 5) is 24.3. The maximum absolute atomic E-state index is 12.2. The van der Waals surface area contributed by atoms with Gasteiger partial charge in [0.25, 0.3) is 5.91 Å². The molecule has 0 spiro atoms. The first-order valence-corrected chi connectivity index (χ1v) is 10.2. The van der Waals surface area contributed by atoms with Gasteiger partial charge in [-0.05, 0) is 42.0 Å². The Balaban J connectivity index is 1.47. The maximum Gasteiger partial charge on any atom is 0.277 e. The van der Waals surface area contributed by atoms with Gasteiger partial charge in [-0.3, -0.25) is 9.59 Å². The first-order valence-electron chi connectivity index (χ1n) is 10.2. The number of rotatable bonds is 8. The van der Waals surface area contributed by atoms with Crippen molar-refractivity contribution in [3.8, 4) is 5.75 Å². The molecule has 0 aliphatic heterocycles. The summed E-state index contributed by atoms with van der Waals surface area (Å²) < 4.78 is 5.64. The van der Waals surface area contributed by atoms with Crippen molar-refractivity contribution in [2.45, 2.75) is 33.1 Å². The fourth-order valence-corrected chi connectivity index (χ4v) is 3.08. The summed E-state index contributed by atoms with van der Waals surface area (Å²) in [5, 5.41) is 8.81. The predicted octanol–water partition coefficient (Wildman–Crippen LogP) is 4.86. The van der Waals surface area contributed by atoms with Crippen molar-refractivity contribution in [1.82, 2.24) is 5.43 Å². The number of hydrogen-bond donors (Lipinski definition) is 2. The number of ether oxygens (including phenoxy) is 1. The van der Waals surface area contributed by atoms with Gasteiger partial charge >= 0.3 is 0 Å². The van der Waals surface area contributed by atoms with Crippen LogP contribution in [-0.2, 0) is 9.59 Å². The second-order valence-electron chi connectivity index (χ2n) is 7.65. The van der Waals surface area contributed by atoms with E-state index in [-0.39, 0.29) is 18.9 Å². The molecular weight excluding hydrogens is 390 g/mol. The molecule has 6 nitrogen and oxygen atoms in total. The van der Waals surface area contributed by atoms with E-state index in [0.717, 1.165) is 16.5 Å². The Morgan fingerprint density at radius 3 is 2.39 bits per heavy atom. The van der Waals surface area contributed by atoms with Crippen LogP contribution >= 0.6 is 0 Å². The van der Waals surface area contributed by atoms with Crippen LogP contribution in [0.2, 0.25) is 0 Å². The summed E-state index contributed by atoms with van der Waals surface area (Å²) in [5.41, 5.74) is 4.87. The molecule has 0 fully saturated rings. The number of fused-ring (bicyclic) bond motifs is 1. The van der Waals surface area contributed by atoms with E-state index < -0.39 is 5.91 Å². The molecule has 0 saturated carbocycles. The van der Waals surface area contributed by atoms with E-state index in [0.29, 0.717) is 17.4 Å².